The van der Waals surface area contributed by atoms with Gasteiger partial charge in [0.25, 0.3) is 0 Å². The van der Waals surface area contributed by atoms with Gasteiger partial charge in [0.05, 0.1) is 53.3 Å². The molecule has 0 aliphatic heterocycles. The first kappa shape index (κ1) is 68.8. The van der Waals surface area contributed by atoms with Crippen LogP contribution in [0.5, 0.6) is 0 Å². The summed E-state index contributed by atoms with van der Waals surface area (Å²) >= 11 is 3.09. The van der Waals surface area contributed by atoms with Gasteiger partial charge in [-0.1, -0.05) is 27.2 Å². The molecule has 6 N–H and O–H groups in total. The van der Waals surface area contributed by atoms with Gasteiger partial charge in [-0.05, 0) is 136 Å². The molecule has 0 fully saturated rings. The molecule has 1 radical (unpaired) electrons. The topological polar surface area (TPSA) is 232 Å². The maximum absolute atomic E-state index is 13.5. The number of hydrogen-bond donors (Lipinski definition) is 5. The summed E-state index contributed by atoms with van der Waals surface area (Å²) in [5.74, 6) is -4.60. The Bertz CT molecular complexity index is 2140. The van der Waals surface area contributed by atoms with E-state index in [1.807, 2.05) is 0 Å². The zero-order valence-electron chi connectivity index (χ0n) is 39.3. The quantitative estimate of drug-likeness (QED) is 0.0190. The Labute approximate surface area is 422 Å². The summed E-state index contributed by atoms with van der Waals surface area (Å²) in [6.45, 7) is 17.3. The van der Waals surface area contributed by atoms with Crippen molar-refractivity contribution >= 4 is 51.1 Å². The summed E-state index contributed by atoms with van der Waals surface area (Å²) in [5.41, 5.74) is 6.79. The third-order valence-corrected chi connectivity index (χ3v) is 7.69. The molecular formula is C47H61BrF4N2O12Y. The Balaban J connectivity index is -0.000000372. The zero-order chi connectivity index (χ0) is 51.5. The van der Waals surface area contributed by atoms with Crippen molar-refractivity contribution in [3.05, 3.63) is 139 Å². The van der Waals surface area contributed by atoms with Crippen molar-refractivity contribution in [1.29, 1.82) is 0 Å². The van der Waals surface area contributed by atoms with Crippen molar-refractivity contribution in [1.82, 2.24) is 0 Å². The van der Waals surface area contributed by atoms with Crippen LogP contribution < -0.4 is 5.73 Å². The van der Waals surface area contributed by atoms with E-state index in [0.29, 0.717) is 10.0 Å². The minimum Gasteiger partial charge on any atom is -0.462 e. The average Bonchev–Trinajstić information content (AvgIpc) is 3.24. The first-order valence-electron chi connectivity index (χ1n) is 20.2. The number of rotatable bonds is 10. The maximum Gasteiger partial charge on any atom is 0.338 e. The number of aliphatic hydroxyl groups is 3. The number of benzene rings is 4. The standard InChI is InChI=1S/C11H12FNO3.C11H14FNO2.C11H11FO3.C8H6BrFO.3C2H6O.Y/c1-3-16-11(14)8-4-5-9(7(2)13-15)10(12)6-8;2*1-3-15-11(14)8-4-5-9(7(2)13)10(12)6-8;1-5(11)7-3-2-6(9)4-8(7)10;3*1-2-3;/h4-6,15H,3H2,1-2H3;4-7H,3,13H2,1-2H3;4-6H,3H2,1-2H3;2-4H,1H3;3*3H,2H2,1H3;. The molecule has 0 heterocycles. The minimum absolute atomic E-state index is 0. The number of ketones is 2. The number of aliphatic hydroxyl groups excluding tert-OH is 3. The Morgan fingerprint density at radius 3 is 1.13 bits per heavy atom. The molecule has 369 valence electrons. The smallest absolute Gasteiger partial charge is 0.338 e. The molecule has 0 aliphatic rings. The van der Waals surface area contributed by atoms with Gasteiger partial charge >= 0.3 is 17.9 Å². The van der Waals surface area contributed by atoms with E-state index in [2.05, 4.69) is 21.1 Å². The van der Waals surface area contributed by atoms with Crippen molar-refractivity contribution in [2.24, 2.45) is 10.9 Å². The number of oxime groups is 1. The molecule has 0 aromatic heterocycles. The predicted molar refractivity (Wildman–Crippen MR) is 246 cm³/mol. The van der Waals surface area contributed by atoms with Crippen LogP contribution in [0.2, 0.25) is 0 Å². The van der Waals surface area contributed by atoms with Crippen molar-refractivity contribution in [3.63, 3.8) is 0 Å². The summed E-state index contributed by atoms with van der Waals surface area (Å²) in [4.78, 5) is 55.4. The normalized spacial score (nSPS) is 10.0. The summed E-state index contributed by atoms with van der Waals surface area (Å²) in [7, 11) is 0. The Morgan fingerprint density at radius 1 is 0.567 bits per heavy atom. The van der Waals surface area contributed by atoms with Gasteiger partial charge in [0.1, 0.15) is 23.3 Å². The first-order valence-corrected chi connectivity index (χ1v) is 21.0. The van der Waals surface area contributed by atoms with E-state index in [-0.39, 0.29) is 129 Å². The molecule has 0 bridgehead atoms. The molecule has 4 rings (SSSR count). The minimum atomic E-state index is -0.701. The predicted octanol–water partition coefficient (Wildman–Crippen LogP) is 9.21. The monoisotopic (exact) mass is 1090 g/mol. The molecule has 0 saturated heterocycles. The van der Waals surface area contributed by atoms with Gasteiger partial charge in [0, 0.05) is 74.2 Å². The number of halogens is 5. The van der Waals surface area contributed by atoms with Gasteiger partial charge in [0.15, 0.2) is 11.6 Å². The fourth-order valence-corrected chi connectivity index (χ4v) is 4.69. The van der Waals surface area contributed by atoms with Gasteiger partial charge in [-0.3, -0.25) is 9.59 Å². The molecule has 0 spiro atoms. The number of carbonyl (C=O) groups excluding carboxylic acids is 5. The van der Waals surface area contributed by atoms with Crippen molar-refractivity contribution < 1.29 is 109 Å². The summed E-state index contributed by atoms with van der Waals surface area (Å²) in [6.07, 6.45) is 0. The number of ether oxygens (including phenoxy) is 3. The van der Waals surface area contributed by atoms with Crippen molar-refractivity contribution in [3.8, 4) is 0 Å². The van der Waals surface area contributed by atoms with Crippen LogP contribution in [0.1, 0.15) is 138 Å². The molecule has 1 unspecified atom stereocenters. The summed E-state index contributed by atoms with van der Waals surface area (Å²) in [5, 5.41) is 34.1. The number of esters is 3. The van der Waals surface area contributed by atoms with E-state index < -0.39 is 41.2 Å². The van der Waals surface area contributed by atoms with E-state index in [1.54, 1.807) is 54.5 Å². The SMILES string of the molecule is CC(=O)c1ccc(Br)cc1F.CCO.CCO.CCO.CCOC(=O)c1ccc(C(C)=NO)c(F)c1.CCOC(=O)c1ccc(C(C)=O)c(F)c1.CCOC(=O)c1ccc(C(C)N)c(F)c1.[Y]. The molecule has 4 aromatic rings. The Hall–Kier alpha value is -4.76. The molecule has 0 amide bonds. The first-order chi connectivity index (χ1) is 31.1. The van der Waals surface area contributed by atoms with Crippen LogP contribution in [0.15, 0.2) is 82.4 Å². The second-order valence-electron chi connectivity index (χ2n) is 12.4. The number of Topliss-reactive ketones (excluding diaryl/α,β-unsaturated/α-hetero) is 2. The fraction of sp³-hybridized carbons (Fsp3) is 0.362. The Morgan fingerprint density at radius 2 is 0.866 bits per heavy atom. The van der Waals surface area contributed by atoms with Crippen LogP contribution in [0.3, 0.4) is 0 Å². The average molecular weight is 1090 g/mol. The van der Waals surface area contributed by atoms with Crippen LogP contribution in [-0.2, 0) is 46.9 Å². The summed E-state index contributed by atoms with van der Waals surface area (Å²) in [6, 6.07) is 15.7. The van der Waals surface area contributed by atoms with E-state index in [1.165, 1.54) is 69.3 Å². The van der Waals surface area contributed by atoms with E-state index >= 15 is 0 Å². The third kappa shape index (κ3) is 28.9. The summed E-state index contributed by atoms with van der Waals surface area (Å²) < 4.78 is 67.8. The van der Waals surface area contributed by atoms with Crippen LogP contribution in [0, 0.1) is 23.3 Å². The Kier molecular flexibility index (Phi) is 41.4. The number of hydrogen-bond acceptors (Lipinski definition) is 14. The van der Waals surface area contributed by atoms with E-state index in [9.17, 15) is 41.5 Å². The molecule has 14 nitrogen and oxygen atoms in total. The zero-order valence-corrected chi connectivity index (χ0v) is 43.7. The van der Waals surface area contributed by atoms with Gasteiger partial charge in [-0.15, -0.1) is 0 Å². The molecule has 67 heavy (non-hydrogen) atoms. The van der Waals surface area contributed by atoms with Crippen LogP contribution in [0.25, 0.3) is 0 Å². The number of carbonyl (C=O) groups is 5. The molecule has 1 atom stereocenters. The van der Waals surface area contributed by atoms with Crippen molar-refractivity contribution in [2.45, 2.75) is 75.3 Å². The molecule has 4 aromatic carbocycles. The van der Waals surface area contributed by atoms with Crippen LogP contribution >= 0.6 is 15.9 Å². The maximum atomic E-state index is 13.5. The number of nitrogens with zero attached hydrogens (tertiary/aromatic N) is 1. The van der Waals surface area contributed by atoms with Crippen LogP contribution in [0.4, 0.5) is 17.6 Å². The van der Waals surface area contributed by atoms with Gasteiger partial charge in [-0.2, -0.15) is 0 Å². The van der Waals surface area contributed by atoms with E-state index in [0.717, 1.165) is 18.2 Å². The van der Waals surface area contributed by atoms with Gasteiger partial charge in [-0.25, -0.2) is 31.9 Å². The van der Waals surface area contributed by atoms with Crippen molar-refractivity contribution in [2.75, 3.05) is 39.6 Å². The molecular weight excluding hydrogens is 1030 g/mol. The second-order valence-corrected chi connectivity index (χ2v) is 13.4. The molecule has 0 saturated carbocycles. The fourth-order valence-electron chi connectivity index (χ4n) is 4.36. The van der Waals surface area contributed by atoms with Gasteiger partial charge in [0.2, 0.25) is 0 Å². The van der Waals surface area contributed by atoms with Crippen LogP contribution in [-0.4, -0.2) is 95.4 Å². The molecule has 0 aliphatic carbocycles. The van der Waals surface area contributed by atoms with Gasteiger partial charge < -0.3 is 40.5 Å². The van der Waals surface area contributed by atoms with E-state index in [4.69, 9.17) is 40.5 Å². The third-order valence-electron chi connectivity index (χ3n) is 7.19. The number of nitrogens with two attached hydrogens (primary N) is 1. The largest absolute Gasteiger partial charge is 0.462 e. The second kappa shape index (κ2) is 40.3. The molecule has 20 heteroatoms.